The zero-order valence-electron chi connectivity index (χ0n) is 16.5. The maximum Gasteiger partial charge on any atom is 0.404 e. The maximum atomic E-state index is 14.8. The molecule has 3 aromatic rings. The van der Waals surface area contributed by atoms with Gasteiger partial charge in [-0.15, -0.1) is 0 Å². The van der Waals surface area contributed by atoms with Crippen LogP contribution < -0.4 is 11.1 Å². The molecule has 8 heteroatoms. The molecule has 1 heterocycles. The van der Waals surface area contributed by atoms with Crippen molar-refractivity contribution in [1.82, 2.24) is 10.3 Å². The normalized spacial score (nSPS) is 11.1. The average molecular weight is 413 g/mol. The molecule has 0 aliphatic carbocycles. The number of benzene rings is 2. The third kappa shape index (κ3) is 4.22. The molecule has 0 aliphatic rings. The summed E-state index contributed by atoms with van der Waals surface area (Å²) < 4.78 is 29.6. The molecule has 2 amide bonds. The van der Waals surface area contributed by atoms with Gasteiger partial charge in [-0.25, -0.2) is 13.6 Å². The van der Waals surface area contributed by atoms with Gasteiger partial charge in [0.2, 0.25) is 5.91 Å². The Kier molecular flexibility index (Phi) is 5.96. The highest BCUT2D eigenvalue weighted by molar-refractivity contribution is 6.02. The zero-order chi connectivity index (χ0) is 22.0. The summed E-state index contributed by atoms with van der Waals surface area (Å²) in [4.78, 5) is 27.5. The van der Waals surface area contributed by atoms with Crippen LogP contribution in [0.15, 0.2) is 36.4 Å². The number of nitrogens with one attached hydrogen (secondary N) is 1. The number of amides is 2. The summed E-state index contributed by atoms with van der Waals surface area (Å²) in [5.41, 5.74) is 6.68. The summed E-state index contributed by atoms with van der Waals surface area (Å²) in [6, 6.07) is 7.98. The smallest absolute Gasteiger partial charge is 0.404 e. The van der Waals surface area contributed by atoms with E-state index >= 15 is 0 Å². The van der Waals surface area contributed by atoms with Gasteiger partial charge in [0.25, 0.3) is 0 Å². The first-order chi connectivity index (χ1) is 14.2. The Labute approximate surface area is 171 Å². The minimum absolute atomic E-state index is 0.149. The van der Waals surface area contributed by atoms with Crippen molar-refractivity contribution >= 4 is 22.9 Å². The molecule has 0 unspecified atom stereocenters. The van der Waals surface area contributed by atoms with E-state index in [1.807, 2.05) is 13.8 Å². The molecule has 0 saturated carbocycles. The fraction of sp³-hybridized carbons (Fsp3) is 0.227. The number of pyridine rings is 1. The number of halogens is 2. The van der Waals surface area contributed by atoms with Crippen LogP contribution in [-0.2, 0) is 13.0 Å². The molecule has 4 N–H and O–H groups in total. The zero-order valence-corrected chi connectivity index (χ0v) is 16.5. The molecule has 0 fully saturated rings. The van der Waals surface area contributed by atoms with Crippen LogP contribution in [-0.4, -0.2) is 22.1 Å². The van der Waals surface area contributed by atoms with Gasteiger partial charge in [0.15, 0.2) is 0 Å². The monoisotopic (exact) mass is 413 g/mol. The lowest BCUT2D eigenvalue weighted by Crippen LogP contribution is -2.22. The molecular formula is C22H21F2N3O3. The van der Waals surface area contributed by atoms with Crippen LogP contribution in [0.1, 0.15) is 35.5 Å². The second-order valence-electron chi connectivity index (χ2n) is 7.36. The number of hydrogen-bond donors (Lipinski definition) is 3. The van der Waals surface area contributed by atoms with Crippen LogP contribution in [0.3, 0.4) is 0 Å². The Bertz CT molecular complexity index is 1130. The van der Waals surface area contributed by atoms with Gasteiger partial charge in [0, 0.05) is 34.3 Å². The number of rotatable bonds is 6. The molecule has 0 aliphatic heterocycles. The average Bonchev–Trinajstić information content (AvgIpc) is 2.65. The number of carboxylic acid groups (broad SMARTS) is 1. The van der Waals surface area contributed by atoms with Crippen molar-refractivity contribution in [3.63, 3.8) is 0 Å². The number of nitrogens with zero attached hydrogens (tertiary/aromatic N) is 1. The number of carbonyl (C=O) groups is 2. The lowest BCUT2D eigenvalue weighted by Gasteiger charge is -2.20. The molecule has 3 rings (SSSR count). The van der Waals surface area contributed by atoms with Crippen LogP contribution in [0.5, 0.6) is 0 Å². The van der Waals surface area contributed by atoms with E-state index in [0.717, 1.165) is 12.1 Å². The van der Waals surface area contributed by atoms with Crippen LogP contribution in [0.2, 0.25) is 0 Å². The number of nitrogens with two attached hydrogens (primary N) is 1. The van der Waals surface area contributed by atoms with Gasteiger partial charge in [-0.1, -0.05) is 19.9 Å². The summed E-state index contributed by atoms with van der Waals surface area (Å²) >= 11 is 0. The largest absolute Gasteiger partial charge is 0.465 e. The molecule has 0 radical (unpaired) electrons. The topological polar surface area (TPSA) is 105 Å². The minimum Gasteiger partial charge on any atom is -0.465 e. The molecule has 0 atom stereocenters. The molecule has 6 nitrogen and oxygen atoms in total. The van der Waals surface area contributed by atoms with E-state index in [1.165, 1.54) is 18.2 Å². The highest BCUT2D eigenvalue weighted by Gasteiger charge is 2.23. The Morgan fingerprint density at radius 2 is 1.80 bits per heavy atom. The first-order valence-corrected chi connectivity index (χ1v) is 9.35. The van der Waals surface area contributed by atoms with Crippen molar-refractivity contribution in [3.8, 4) is 11.1 Å². The number of aromatic nitrogens is 1. The summed E-state index contributed by atoms with van der Waals surface area (Å²) in [6.45, 7) is 3.71. The van der Waals surface area contributed by atoms with Gasteiger partial charge in [-0.3, -0.25) is 9.78 Å². The molecule has 156 valence electrons. The van der Waals surface area contributed by atoms with Gasteiger partial charge in [0.05, 0.1) is 11.1 Å². The fourth-order valence-electron chi connectivity index (χ4n) is 3.44. The van der Waals surface area contributed by atoms with Gasteiger partial charge < -0.3 is 16.2 Å². The lowest BCUT2D eigenvalue weighted by atomic mass is 9.90. The summed E-state index contributed by atoms with van der Waals surface area (Å²) in [7, 11) is 0. The summed E-state index contributed by atoms with van der Waals surface area (Å²) in [6.07, 6.45) is -0.816. The molecule has 0 saturated heterocycles. The van der Waals surface area contributed by atoms with Crippen molar-refractivity contribution in [2.75, 3.05) is 0 Å². The van der Waals surface area contributed by atoms with Crippen molar-refractivity contribution in [1.29, 1.82) is 0 Å². The van der Waals surface area contributed by atoms with Crippen molar-refractivity contribution in [3.05, 3.63) is 64.9 Å². The van der Waals surface area contributed by atoms with Crippen molar-refractivity contribution < 1.29 is 23.5 Å². The Morgan fingerprint density at radius 3 is 2.37 bits per heavy atom. The number of hydrogen-bond acceptors (Lipinski definition) is 3. The third-order valence-corrected chi connectivity index (χ3v) is 4.69. The van der Waals surface area contributed by atoms with Crippen LogP contribution in [0.4, 0.5) is 13.6 Å². The molecule has 0 spiro atoms. The Balaban J connectivity index is 2.46. The van der Waals surface area contributed by atoms with Gasteiger partial charge >= 0.3 is 6.09 Å². The number of fused-ring (bicyclic) bond motifs is 1. The quantitative estimate of drug-likeness (QED) is 0.562. The number of primary amides is 1. The Hall–Kier alpha value is -3.55. The second-order valence-corrected chi connectivity index (χ2v) is 7.36. The Morgan fingerprint density at radius 1 is 1.13 bits per heavy atom. The van der Waals surface area contributed by atoms with E-state index in [1.54, 1.807) is 6.07 Å². The predicted octanol–water partition coefficient (Wildman–Crippen LogP) is 4.25. The molecule has 30 heavy (non-hydrogen) atoms. The van der Waals surface area contributed by atoms with E-state index < -0.39 is 23.6 Å². The number of carbonyl (C=O) groups excluding carboxylic acids is 1. The third-order valence-electron chi connectivity index (χ3n) is 4.69. The van der Waals surface area contributed by atoms with Crippen molar-refractivity contribution in [2.45, 2.75) is 26.8 Å². The van der Waals surface area contributed by atoms with E-state index in [0.29, 0.717) is 28.6 Å². The van der Waals surface area contributed by atoms with Gasteiger partial charge in [0.1, 0.15) is 11.6 Å². The standard InChI is InChI=1S/C22H21F2N3O3/c1-11(2)8-18-14(10-26-22(29)30)19(20-15(23)4-3-5-16(20)24)13-9-12(21(25)28)6-7-17(13)27-18/h3-7,9,11,26H,8,10H2,1-2H3,(H2,25,28)(H,29,30). The lowest BCUT2D eigenvalue weighted by molar-refractivity contribution is 0.100. The van der Waals surface area contributed by atoms with Crippen LogP contribution >= 0.6 is 0 Å². The summed E-state index contributed by atoms with van der Waals surface area (Å²) in [5.74, 6) is -2.16. The summed E-state index contributed by atoms with van der Waals surface area (Å²) in [5, 5.41) is 11.7. The first kappa shape index (κ1) is 21.2. The van der Waals surface area contributed by atoms with E-state index in [2.05, 4.69) is 10.3 Å². The van der Waals surface area contributed by atoms with Crippen molar-refractivity contribution in [2.24, 2.45) is 11.7 Å². The van der Waals surface area contributed by atoms with Gasteiger partial charge in [-0.2, -0.15) is 0 Å². The van der Waals surface area contributed by atoms with Gasteiger partial charge in [-0.05, 0) is 42.7 Å². The van der Waals surface area contributed by atoms with Crippen LogP contribution in [0, 0.1) is 17.6 Å². The van der Waals surface area contributed by atoms with E-state index in [-0.39, 0.29) is 29.2 Å². The SMILES string of the molecule is CC(C)Cc1nc2ccc(C(N)=O)cc2c(-c2c(F)cccc2F)c1CNC(=O)O. The second kappa shape index (κ2) is 8.44. The van der Waals surface area contributed by atoms with E-state index in [4.69, 9.17) is 10.8 Å². The highest BCUT2D eigenvalue weighted by atomic mass is 19.1. The molecular weight excluding hydrogens is 392 g/mol. The predicted molar refractivity (Wildman–Crippen MR) is 109 cm³/mol. The van der Waals surface area contributed by atoms with E-state index in [9.17, 15) is 18.4 Å². The maximum absolute atomic E-state index is 14.8. The highest BCUT2D eigenvalue weighted by Crippen LogP contribution is 2.37. The first-order valence-electron chi connectivity index (χ1n) is 9.35. The molecule has 0 bridgehead atoms. The van der Waals surface area contributed by atoms with Crippen LogP contribution in [0.25, 0.3) is 22.0 Å². The molecule has 1 aromatic heterocycles. The molecule has 2 aromatic carbocycles. The fourth-order valence-corrected chi connectivity index (χ4v) is 3.44. The minimum atomic E-state index is -1.28.